The van der Waals surface area contributed by atoms with Crippen LogP contribution in [0.2, 0.25) is 0 Å². The summed E-state index contributed by atoms with van der Waals surface area (Å²) in [6.07, 6.45) is 11.5. The predicted octanol–water partition coefficient (Wildman–Crippen LogP) is 11.9. The summed E-state index contributed by atoms with van der Waals surface area (Å²) in [5, 5.41) is 36.7. The lowest BCUT2D eigenvalue weighted by Gasteiger charge is -2.32. The molecule has 1 saturated carbocycles. The molecule has 0 amide bonds. The second-order valence-corrected chi connectivity index (χ2v) is 18.9. The molecule has 1 heterocycles. The van der Waals surface area contributed by atoms with Gasteiger partial charge in [0, 0.05) is 21.1 Å². The van der Waals surface area contributed by atoms with Crippen molar-refractivity contribution < 1.29 is 0 Å². The van der Waals surface area contributed by atoms with Crippen LogP contribution in [0, 0.1) is 5.41 Å². The van der Waals surface area contributed by atoms with Gasteiger partial charge in [-0.15, -0.1) is 11.3 Å². The van der Waals surface area contributed by atoms with E-state index in [2.05, 4.69) is 72.2 Å². The van der Waals surface area contributed by atoms with E-state index in [1.165, 1.54) is 42.9 Å². The molecule has 11 aromatic carbocycles. The maximum Gasteiger partial charge on any atom is 0.0444 e. The van der Waals surface area contributed by atoms with Gasteiger partial charge in [-0.1, -0.05) is 56.5 Å². The summed E-state index contributed by atoms with van der Waals surface area (Å²) in [4.78, 5) is 1.66. The van der Waals surface area contributed by atoms with Crippen LogP contribution < -0.4 is 5.22 Å². The Morgan fingerprint density at radius 2 is 1.16 bits per heavy atom. The van der Waals surface area contributed by atoms with Gasteiger partial charge in [-0.05, 0) is 201 Å². The molecule has 18 rings (SSSR count). The Hall–Kier alpha value is -4.72. The average molecular weight is 647 g/mol. The second kappa shape index (κ2) is 6.03. The van der Waals surface area contributed by atoms with Gasteiger partial charge >= 0.3 is 0 Å². The van der Waals surface area contributed by atoms with E-state index < -0.39 is 0 Å². The molecule has 0 radical (unpaired) electrons. The van der Waals surface area contributed by atoms with Crippen LogP contribution in [0.25, 0.3) is 114 Å². The zero-order valence-corrected chi connectivity index (χ0v) is 28.4. The van der Waals surface area contributed by atoms with Crippen molar-refractivity contribution in [1.82, 2.24) is 0 Å². The van der Waals surface area contributed by atoms with Crippen molar-refractivity contribution in [1.29, 1.82) is 0 Å². The number of unbranched alkanes of at least 4 members (excludes halogenated alkanes) is 2. The molecule has 228 valence electrons. The first-order valence-corrected chi connectivity index (χ1v) is 20.2. The van der Waals surface area contributed by atoms with Gasteiger partial charge in [0.05, 0.1) is 0 Å². The van der Waals surface area contributed by atoms with Crippen LogP contribution >= 0.6 is 11.3 Å². The Kier molecular flexibility index (Phi) is 2.76. The highest BCUT2D eigenvalue weighted by atomic mass is 32.1. The van der Waals surface area contributed by atoms with Gasteiger partial charge in [0.25, 0.3) is 0 Å². The molecule has 0 N–H and O–H groups in total. The molecule has 1 aromatic heterocycles. The lowest BCUT2D eigenvalue weighted by molar-refractivity contribution is 0.471. The van der Waals surface area contributed by atoms with Crippen molar-refractivity contribution in [3.8, 4) is 0 Å². The number of hydrogen-bond donors (Lipinski definition) is 0. The predicted molar refractivity (Wildman–Crippen MR) is 211 cm³/mol. The third-order valence-electron chi connectivity index (χ3n) is 16.9. The molecule has 6 aliphatic carbocycles. The molecular weight excluding hydrogens is 621 g/mol. The molecule has 12 aromatic rings. The van der Waals surface area contributed by atoms with Crippen LogP contribution in [-0.4, -0.2) is 0 Å². The lowest BCUT2D eigenvalue weighted by atomic mass is 9.70. The smallest absolute Gasteiger partial charge is 0.0444 e. The van der Waals surface area contributed by atoms with E-state index in [1.54, 1.807) is 146 Å². The van der Waals surface area contributed by atoms with Gasteiger partial charge in [0.1, 0.15) is 0 Å². The first kappa shape index (κ1) is 22.9. The number of hydrogen-bond acceptors (Lipinski definition) is 1. The maximum absolute atomic E-state index is 2.91. The van der Waals surface area contributed by atoms with Gasteiger partial charge in [-0.2, -0.15) is 0 Å². The van der Waals surface area contributed by atoms with E-state index in [0.717, 1.165) is 12.8 Å². The summed E-state index contributed by atoms with van der Waals surface area (Å²) in [5.41, 5.74) is 11.9. The van der Waals surface area contributed by atoms with Crippen molar-refractivity contribution in [2.45, 2.75) is 62.7 Å². The Balaban J connectivity index is 1.26. The average Bonchev–Trinajstić information content (AvgIpc) is 3.91. The van der Waals surface area contributed by atoms with E-state index in [1.807, 2.05) is 0 Å². The molecule has 0 aliphatic heterocycles. The Labute approximate surface area is 288 Å². The SMILES string of the molecule is CCCCCC1(c2cccs2)C23C=c4cc5cc6cc7c8c6c6c5c5c4C21c1c2c(cc4c9c%10c(cc(c%11c%10c%10c(c1c5c6c%10c8%11)c29)C7)C4)C3. The minimum atomic E-state index is 0.0238. The molecule has 0 saturated heterocycles. The van der Waals surface area contributed by atoms with Gasteiger partial charge in [0.2, 0.25) is 0 Å². The number of thiophene rings is 1. The Morgan fingerprint density at radius 1 is 0.560 bits per heavy atom. The standard InChI is InChI=1S/C49H26S/c1-2-3-4-7-48(26-6-5-8-50-26)47-16-24-14-22-12-20-11-21-10-18-9-19-13-23-15-25(17-47)45-43-32(23)36-28(19)27(18)34-31(21)35-29(20)30(22)37-33(24)46(49(45,47)48)44-41(37)39(35)38(34)40(36)42(43)44/h5-6,8-9,11,13-15,17H,2-4,7,10,12,16H2,1H3. The minimum Gasteiger partial charge on any atom is -0.148 e. The molecule has 50 heavy (non-hydrogen) atoms. The summed E-state index contributed by atoms with van der Waals surface area (Å²) in [7, 11) is 0. The molecule has 1 heteroatoms. The first-order valence-electron chi connectivity index (χ1n) is 19.3. The fourth-order valence-electron chi connectivity index (χ4n) is 16.2. The Bertz CT molecular complexity index is 3800. The quantitative estimate of drug-likeness (QED) is 0.129. The highest BCUT2D eigenvalue weighted by molar-refractivity contribution is 7.10. The van der Waals surface area contributed by atoms with Gasteiger partial charge in [-0.25, -0.2) is 0 Å². The normalized spacial score (nSPS) is 26.2. The summed E-state index contributed by atoms with van der Waals surface area (Å²) >= 11 is 2.07. The van der Waals surface area contributed by atoms with Crippen LogP contribution in [-0.2, 0) is 30.1 Å². The van der Waals surface area contributed by atoms with E-state index in [0.29, 0.717) is 0 Å². The first-order chi connectivity index (χ1) is 24.7. The molecule has 6 aliphatic rings. The van der Waals surface area contributed by atoms with Crippen molar-refractivity contribution in [2.24, 2.45) is 5.41 Å². The van der Waals surface area contributed by atoms with Crippen LogP contribution in [0.15, 0.2) is 47.8 Å². The number of benzene rings is 7. The summed E-state index contributed by atoms with van der Waals surface area (Å²) in [5.74, 6) is 0. The van der Waals surface area contributed by atoms with Crippen molar-refractivity contribution in [3.05, 3.63) is 96.9 Å². The topological polar surface area (TPSA) is 0 Å². The number of rotatable bonds is 5. The molecule has 0 bridgehead atoms. The Morgan fingerprint density at radius 3 is 1.94 bits per heavy atom. The molecular formula is C49H26S. The highest BCUT2D eigenvalue weighted by Crippen LogP contribution is 2.91. The minimum absolute atomic E-state index is 0.0238. The maximum atomic E-state index is 2.91. The molecule has 1 fully saturated rings. The van der Waals surface area contributed by atoms with Crippen molar-refractivity contribution in [3.63, 3.8) is 0 Å². The van der Waals surface area contributed by atoms with E-state index in [4.69, 9.17) is 0 Å². The third-order valence-corrected chi connectivity index (χ3v) is 17.9. The fraction of sp³-hybridized carbons (Fsp3) is 0.224. The summed E-state index contributed by atoms with van der Waals surface area (Å²) < 4.78 is 0. The summed E-state index contributed by atoms with van der Waals surface area (Å²) in [6.45, 7) is 2.39. The monoisotopic (exact) mass is 646 g/mol. The van der Waals surface area contributed by atoms with Crippen LogP contribution in [0.4, 0.5) is 0 Å². The largest absolute Gasteiger partial charge is 0.148 e. The molecule has 3 atom stereocenters. The van der Waals surface area contributed by atoms with Crippen LogP contribution in [0.5, 0.6) is 0 Å². The summed E-state index contributed by atoms with van der Waals surface area (Å²) in [6, 6.07) is 18.3. The zero-order valence-electron chi connectivity index (χ0n) is 27.6. The lowest BCUT2D eigenvalue weighted by Crippen LogP contribution is -2.30. The molecule has 1 spiro atoms. The van der Waals surface area contributed by atoms with Crippen molar-refractivity contribution >= 4 is 125 Å². The highest BCUT2D eigenvalue weighted by Gasteiger charge is 2.90. The van der Waals surface area contributed by atoms with Gasteiger partial charge in [0.15, 0.2) is 0 Å². The molecule has 0 nitrogen and oxygen atoms in total. The fourth-order valence-corrected chi connectivity index (χ4v) is 17.3. The van der Waals surface area contributed by atoms with Crippen LogP contribution in [0.3, 0.4) is 0 Å². The van der Waals surface area contributed by atoms with Gasteiger partial charge in [-0.3, -0.25) is 0 Å². The van der Waals surface area contributed by atoms with Crippen molar-refractivity contribution in [2.75, 3.05) is 0 Å². The van der Waals surface area contributed by atoms with E-state index in [9.17, 15) is 0 Å². The third kappa shape index (κ3) is 1.58. The second-order valence-electron chi connectivity index (χ2n) is 17.9. The molecule has 3 unspecified atom stereocenters. The van der Waals surface area contributed by atoms with Gasteiger partial charge < -0.3 is 0 Å². The van der Waals surface area contributed by atoms with E-state index in [-0.39, 0.29) is 16.2 Å². The van der Waals surface area contributed by atoms with E-state index >= 15 is 0 Å². The van der Waals surface area contributed by atoms with Crippen LogP contribution in [0.1, 0.15) is 76.4 Å². The zero-order chi connectivity index (χ0) is 31.3.